The van der Waals surface area contributed by atoms with Crippen molar-refractivity contribution < 1.29 is 18.3 Å². The van der Waals surface area contributed by atoms with Gasteiger partial charge in [0, 0.05) is 13.1 Å². The Hall–Kier alpha value is -1.65. The van der Waals surface area contributed by atoms with Gasteiger partial charge in [-0.2, -0.15) is 0 Å². The fourth-order valence-electron chi connectivity index (χ4n) is 3.72. The van der Waals surface area contributed by atoms with Gasteiger partial charge in [-0.1, -0.05) is 32.6 Å². The molecule has 0 aromatic heterocycles. The molecule has 2 aliphatic rings. The largest absolute Gasteiger partial charge is 0.488 e. The normalized spacial score (nSPS) is 18.1. The first-order valence-electron chi connectivity index (χ1n) is 9.04. The maximum Gasteiger partial charge on any atom is 0.257 e. The summed E-state index contributed by atoms with van der Waals surface area (Å²) in [6, 6.07) is 1.26. The fourth-order valence-corrected chi connectivity index (χ4v) is 3.72. The van der Waals surface area contributed by atoms with Gasteiger partial charge in [0.25, 0.3) is 5.91 Å². The van der Waals surface area contributed by atoms with Crippen LogP contribution in [0.25, 0.3) is 0 Å². The molecule has 0 bridgehead atoms. The quantitative estimate of drug-likeness (QED) is 0.705. The van der Waals surface area contributed by atoms with E-state index in [9.17, 15) is 13.6 Å². The number of benzene rings is 1. The molecule has 1 aromatic carbocycles. The fraction of sp³-hybridized carbons (Fsp3) is 0.632. The third-order valence-corrected chi connectivity index (χ3v) is 5.07. The highest BCUT2D eigenvalue weighted by Gasteiger charge is 2.35. The lowest BCUT2D eigenvalue weighted by atomic mass is 9.89. The molecule has 0 spiro atoms. The standard InChI is InChI=1S/C19H25F2NO2/c1-2-3-9-24-18-15(20)10-14-12-22(19(23)16(14)17(18)21)11-13-7-5-4-6-8-13/h10,13H,2-9,11-12H2,1H3. The van der Waals surface area contributed by atoms with E-state index in [4.69, 9.17) is 4.74 Å². The van der Waals surface area contributed by atoms with Crippen LogP contribution >= 0.6 is 0 Å². The predicted molar refractivity (Wildman–Crippen MR) is 88.1 cm³/mol. The van der Waals surface area contributed by atoms with E-state index >= 15 is 0 Å². The van der Waals surface area contributed by atoms with Crippen LogP contribution in [0.3, 0.4) is 0 Å². The van der Waals surface area contributed by atoms with Gasteiger partial charge in [0.2, 0.25) is 0 Å². The molecule has 1 saturated carbocycles. The molecular weight excluding hydrogens is 312 g/mol. The van der Waals surface area contributed by atoms with Gasteiger partial charge >= 0.3 is 0 Å². The Morgan fingerprint density at radius 2 is 2.00 bits per heavy atom. The van der Waals surface area contributed by atoms with E-state index in [1.54, 1.807) is 4.90 Å². The number of hydrogen-bond acceptors (Lipinski definition) is 2. The summed E-state index contributed by atoms with van der Waals surface area (Å²) in [4.78, 5) is 14.3. The lowest BCUT2D eigenvalue weighted by Gasteiger charge is -2.26. The van der Waals surface area contributed by atoms with Crippen LogP contribution in [0.4, 0.5) is 8.78 Å². The molecule has 1 amide bonds. The zero-order valence-electron chi connectivity index (χ0n) is 14.2. The summed E-state index contributed by atoms with van der Waals surface area (Å²) >= 11 is 0. The highest BCUT2D eigenvalue weighted by atomic mass is 19.1. The molecule has 0 saturated heterocycles. The zero-order chi connectivity index (χ0) is 17.1. The van der Waals surface area contributed by atoms with Crippen molar-refractivity contribution in [2.24, 2.45) is 5.92 Å². The summed E-state index contributed by atoms with van der Waals surface area (Å²) in [7, 11) is 0. The minimum absolute atomic E-state index is 0.00120. The van der Waals surface area contributed by atoms with Crippen LogP contribution in [0.1, 0.15) is 67.8 Å². The molecule has 0 atom stereocenters. The summed E-state index contributed by atoms with van der Waals surface area (Å²) in [6.07, 6.45) is 7.46. The number of fused-ring (bicyclic) bond motifs is 1. The van der Waals surface area contributed by atoms with Crippen molar-refractivity contribution in [3.05, 3.63) is 28.8 Å². The number of amides is 1. The van der Waals surface area contributed by atoms with Crippen molar-refractivity contribution in [1.29, 1.82) is 0 Å². The molecule has 1 aliphatic heterocycles. The first-order chi connectivity index (χ1) is 11.6. The number of hydrogen-bond donors (Lipinski definition) is 0. The average molecular weight is 337 g/mol. The van der Waals surface area contributed by atoms with Crippen molar-refractivity contribution in [2.75, 3.05) is 13.2 Å². The number of rotatable bonds is 6. The Labute approximate surface area is 142 Å². The van der Waals surface area contributed by atoms with Crippen LogP contribution in [0.15, 0.2) is 6.07 Å². The number of unbranched alkanes of at least 4 members (excludes halogenated alkanes) is 1. The van der Waals surface area contributed by atoms with Crippen LogP contribution < -0.4 is 4.74 Å². The van der Waals surface area contributed by atoms with E-state index in [-0.39, 0.29) is 18.1 Å². The van der Waals surface area contributed by atoms with Gasteiger partial charge in [0.1, 0.15) is 0 Å². The second-order valence-corrected chi connectivity index (χ2v) is 6.93. The SMILES string of the molecule is CCCCOc1c(F)cc2c(c1F)C(=O)N(CC1CCCCC1)C2. The highest BCUT2D eigenvalue weighted by molar-refractivity contribution is 5.99. The lowest BCUT2D eigenvalue weighted by molar-refractivity contribution is 0.0734. The highest BCUT2D eigenvalue weighted by Crippen LogP contribution is 2.35. The van der Waals surface area contributed by atoms with E-state index in [0.717, 1.165) is 25.7 Å². The average Bonchev–Trinajstić information content (AvgIpc) is 2.87. The summed E-state index contributed by atoms with van der Waals surface area (Å²) in [5.41, 5.74) is 0.437. The molecule has 24 heavy (non-hydrogen) atoms. The number of ether oxygens (including phenoxy) is 1. The predicted octanol–water partition coefficient (Wildman–Crippen LogP) is 4.68. The topological polar surface area (TPSA) is 29.5 Å². The summed E-state index contributed by atoms with van der Waals surface area (Å²) in [6.45, 7) is 3.17. The molecule has 0 N–H and O–H groups in total. The molecular formula is C19H25F2NO2. The van der Waals surface area contributed by atoms with Crippen molar-refractivity contribution >= 4 is 5.91 Å². The zero-order valence-corrected chi connectivity index (χ0v) is 14.2. The Morgan fingerprint density at radius 3 is 2.71 bits per heavy atom. The molecule has 1 heterocycles. The van der Waals surface area contributed by atoms with Gasteiger partial charge in [-0.15, -0.1) is 0 Å². The van der Waals surface area contributed by atoms with E-state index in [1.165, 1.54) is 25.3 Å². The molecule has 1 aliphatic carbocycles. The van der Waals surface area contributed by atoms with Crippen LogP contribution in [0.2, 0.25) is 0 Å². The van der Waals surface area contributed by atoms with E-state index < -0.39 is 17.4 Å². The van der Waals surface area contributed by atoms with Gasteiger partial charge in [-0.05, 0) is 36.8 Å². The van der Waals surface area contributed by atoms with Gasteiger partial charge in [0.15, 0.2) is 17.4 Å². The second kappa shape index (κ2) is 7.49. The van der Waals surface area contributed by atoms with Gasteiger partial charge in [0.05, 0.1) is 12.2 Å². The van der Waals surface area contributed by atoms with Crippen molar-refractivity contribution in [3.63, 3.8) is 0 Å². The number of nitrogens with zero attached hydrogens (tertiary/aromatic N) is 1. The Morgan fingerprint density at radius 1 is 1.25 bits per heavy atom. The van der Waals surface area contributed by atoms with Crippen LogP contribution in [-0.4, -0.2) is 24.0 Å². The van der Waals surface area contributed by atoms with Gasteiger partial charge < -0.3 is 9.64 Å². The molecule has 3 nitrogen and oxygen atoms in total. The minimum Gasteiger partial charge on any atom is -0.488 e. The van der Waals surface area contributed by atoms with Gasteiger partial charge in [-0.25, -0.2) is 8.78 Å². The molecule has 1 fully saturated rings. The molecule has 1 aromatic rings. The monoisotopic (exact) mass is 337 g/mol. The lowest BCUT2D eigenvalue weighted by Crippen LogP contribution is -2.31. The van der Waals surface area contributed by atoms with Crippen molar-refractivity contribution in [2.45, 2.75) is 58.4 Å². The second-order valence-electron chi connectivity index (χ2n) is 6.93. The summed E-state index contributed by atoms with van der Waals surface area (Å²) < 4.78 is 34.0. The van der Waals surface area contributed by atoms with E-state index in [0.29, 0.717) is 24.6 Å². The van der Waals surface area contributed by atoms with Crippen LogP contribution in [0, 0.1) is 17.6 Å². The molecule has 3 rings (SSSR count). The smallest absolute Gasteiger partial charge is 0.257 e. The first-order valence-corrected chi connectivity index (χ1v) is 9.04. The van der Waals surface area contributed by atoms with E-state index in [1.807, 2.05) is 6.92 Å². The van der Waals surface area contributed by atoms with Crippen molar-refractivity contribution in [1.82, 2.24) is 4.90 Å². The van der Waals surface area contributed by atoms with E-state index in [2.05, 4.69) is 0 Å². The Balaban J connectivity index is 1.76. The minimum atomic E-state index is -0.836. The maximum absolute atomic E-state index is 14.7. The number of carbonyl (C=O) groups excluding carboxylic acids is 1. The number of halogens is 2. The molecule has 132 valence electrons. The summed E-state index contributed by atoms with van der Waals surface area (Å²) in [5, 5.41) is 0. The van der Waals surface area contributed by atoms with Crippen molar-refractivity contribution in [3.8, 4) is 5.75 Å². The number of carbonyl (C=O) groups is 1. The molecule has 5 heteroatoms. The molecule has 0 radical (unpaired) electrons. The molecule has 0 unspecified atom stereocenters. The third-order valence-electron chi connectivity index (χ3n) is 5.07. The first kappa shape index (κ1) is 17.2. The maximum atomic E-state index is 14.7. The van der Waals surface area contributed by atoms with Crippen LogP contribution in [0.5, 0.6) is 5.75 Å². The Bertz CT molecular complexity index is 612. The third kappa shape index (κ3) is 3.40. The summed E-state index contributed by atoms with van der Waals surface area (Å²) in [5.74, 6) is -1.81. The Kier molecular flexibility index (Phi) is 5.36. The van der Waals surface area contributed by atoms with Gasteiger partial charge in [-0.3, -0.25) is 4.79 Å². The van der Waals surface area contributed by atoms with Crippen LogP contribution in [-0.2, 0) is 6.54 Å².